The lowest BCUT2D eigenvalue weighted by molar-refractivity contribution is -0.117. The summed E-state index contributed by atoms with van der Waals surface area (Å²) in [6, 6.07) is 6.33. The fourth-order valence-electron chi connectivity index (χ4n) is 2.65. The highest BCUT2D eigenvalue weighted by Gasteiger charge is 2.25. The van der Waals surface area contributed by atoms with E-state index in [0.29, 0.717) is 6.42 Å². The zero-order chi connectivity index (χ0) is 11.0. The summed E-state index contributed by atoms with van der Waals surface area (Å²) in [5.41, 5.74) is 3.85. The van der Waals surface area contributed by atoms with Crippen LogP contribution in [0.2, 0.25) is 0 Å². The molecule has 1 N–H and O–H groups in total. The molecule has 16 heavy (non-hydrogen) atoms. The predicted molar refractivity (Wildman–Crippen MR) is 63.4 cm³/mol. The SMILES string of the molecule is O=C1CCCN1c1cccc2c1CNCC2. The summed E-state index contributed by atoms with van der Waals surface area (Å²) in [7, 11) is 0. The Bertz CT molecular complexity index is 428. The Morgan fingerprint density at radius 1 is 1.25 bits per heavy atom. The lowest BCUT2D eigenvalue weighted by Crippen LogP contribution is -2.29. The molecular weight excluding hydrogens is 200 g/mol. The van der Waals surface area contributed by atoms with Gasteiger partial charge in [0, 0.05) is 25.2 Å². The first-order valence-corrected chi connectivity index (χ1v) is 5.98. The van der Waals surface area contributed by atoms with Crippen molar-refractivity contribution in [2.45, 2.75) is 25.8 Å². The summed E-state index contributed by atoms with van der Waals surface area (Å²) in [6.07, 6.45) is 2.78. The molecule has 1 aromatic rings. The van der Waals surface area contributed by atoms with Gasteiger partial charge in [-0.2, -0.15) is 0 Å². The average molecular weight is 216 g/mol. The van der Waals surface area contributed by atoms with Crippen molar-refractivity contribution in [3.05, 3.63) is 29.3 Å². The van der Waals surface area contributed by atoms with Crippen LogP contribution in [-0.2, 0) is 17.8 Å². The number of nitrogens with one attached hydrogen (secondary N) is 1. The molecule has 0 bridgehead atoms. The zero-order valence-corrected chi connectivity index (χ0v) is 9.33. The highest BCUT2D eigenvalue weighted by molar-refractivity contribution is 5.96. The molecule has 0 aliphatic carbocycles. The maximum absolute atomic E-state index is 11.8. The van der Waals surface area contributed by atoms with Crippen LogP contribution >= 0.6 is 0 Å². The van der Waals surface area contributed by atoms with Crippen LogP contribution in [0.3, 0.4) is 0 Å². The predicted octanol–water partition coefficient (Wildman–Crippen LogP) is 1.46. The number of nitrogens with zero attached hydrogens (tertiary/aromatic N) is 1. The van der Waals surface area contributed by atoms with Gasteiger partial charge in [0.05, 0.1) is 0 Å². The van der Waals surface area contributed by atoms with Gasteiger partial charge in [-0.15, -0.1) is 0 Å². The molecule has 0 aromatic heterocycles. The van der Waals surface area contributed by atoms with E-state index in [1.807, 2.05) is 4.90 Å². The van der Waals surface area contributed by atoms with Gasteiger partial charge in [-0.05, 0) is 36.6 Å². The molecule has 1 aromatic carbocycles. The second kappa shape index (κ2) is 3.91. The molecule has 2 heterocycles. The summed E-state index contributed by atoms with van der Waals surface area (Å²) in [5, 5.41) is 3.38. The smallest absolute Gasteiger partial charge is 0.227 e. The first kappa shape index (κ1) is 9.85. The van der Waals surface area contributed by atoms with E-state index in [1.165, 1.54) is 11.1 Å². The maximum atomic E-state index is 11.8. The van der Waals surface area contributed by atoms with Crippen LogP contribution < -0.4 is 10.2 Å². The van der Waals surface area contributed by atoms with E-state index in [1.54, 1.807) is 0 Å². The largest absolute Gasteiger partial charge is 0.312 e. The Morgan fingerprint density at radius 3 is 3.00 bits per heavy atom. The van der Waals surface area contributed by atoms with Gasteiger partial charge < -0.3 is 10.2 Å². The molecule has 3 rings (SSSR count). The molecule has 0 atom stereocenters. The second-order valence-corrected chi connectivity index (χ2v) is 4.49. The van der Waals surface area contributed by atoms with Crippen molar-refractivity contribution >= 4 is 11.6 Å². The molecule has 1 amide bonds. The number of anilines is 1. The van der Waals surface area contributed by atoms with Crippen LogP contribution in [0.1, 0.15) is 24.0 Å². The van der Waals surface area contributed by atoms with Crippen LogP contribution in [0.4, 0.5) is 5.69 Å². The minimum absolute atomic E-state index is 0.277. The average Bonchev–Trinajstić information content (AvgIpc) is 2.75. The number of carbonyl (C=O) groups is 1. The Kier molecular flexibility index (Phi) is 2.40. The van der Waals surface area contributed by atoms with Gasteiger partial charge in [0.1, 0.15) is 0 Å². The van der Waals surface area contributed by atoms with Crippen molar-refractivity contribution in [1.82, 2.24) is 5.32 Å². The van der Waals surface area contributed by atoms with Crippen molar-refractivity contribution in [2.75, 3.05) is 18.0 Å². The summed E-state index contributed by atoms with van der Waals surface area (Å²) in [6.45, 7) is 2.83. The third kappa shape index (κ3) is 1.52. The van der Waals surface area contributed by atoms with Gasteiger partial charge >= 0.3 is 0 Å². The Morgan fingerprint density at radius 2 is 2.19 bits per heavy atom. The molecule has 0 saturated carbocycles. The number of hydrogen-bond donors (Lipinski definition) is 1. The highest BCUT2D eigenvalue weighted by atomic mass is 16.2. The molecular formula is C13H16N2O. The van der Waals surface area contributed by atoms with Crippen LogP contribution in [-0.4, -0.2) is 19.0 Å². The number of rotatable bonds is 1. The van der Waals surface area contributed by atoms with Gasteiger partial charge in [-0.3, -0.25) is 4.79 Å². The summed E-state index contributed by atoms with van der Waals surface area (Å²) in [5.74, 6) is 0.277. The van der Waals surface area contributed by atoms with E-state index >= 15 is 0 Å². The minimum atomic E-state index is 0.277. The van der Waals surface area contributed by atoms with E-state index in [4.69, 9.17) is 0 Å². The van der Waals surface area contributed by atoms with Gasteiger partial charge in [0.2, 0.25) is 5.91 Å². The Hall–Kier alpha value is -1.35. The van der Waals surface area contributed by atoms with E-state index in [9.17, 15) is 4.79 Å². The maximum Gasteiger partial charge on any atom is 0.227 e. The molecule has 2 aliphatic rings. The van der Waals surface area contributed by atoms with E-state index in [-0.39, 0.29) is 5.91 Å². The van der Waals surface area contributed by atoms with Gasteiger partial charge in [0.25, 0.3) is 0 Å². The van der Waals surface area contributed by atoms with Crippen molar-refractivity contribution in [3.63, 3.8) is 0 Å². The Labute approximate surface area is 95.4 Å². The molecule has 84 valence electrons. The van der Waals surface area contributed by atoms with Crippen molar-refractivity contribution in [3.8, 4) is 0 Å². The lowest BCUT2D eigenvalue weighted by atomic mass is 9.99. The molecule has 0 spiro atoms. The third-order valence-electron chi connectivity index (χ3n) is 3.49. The number of amides is 1. The topological polar surface area (TPSA) is 32.3 Å². The molecule has 3 heteroatoms. The number of fused-ring (bicyclic) bond motifs is 1. The minimum Gasteiger partial charge on any atom is -0.312 e. The molecule has 0 unspecified atom stereocenters. The monoisotopic (exact) mass is 216 g/mol. The molecule has 2 aliphatic heterocycles. The summed E-state index contributed by atoms with van der Waals surface area (Å²) in [4.78, 5) is 13.7. The lowest BCUT2D eigenvalue weighted by Gasteiger charge is -2.25. The van der Waals surface area contributed by atoms with E-state index < -0.39 is 0 Å². The summed E-state index contributed by atoms with van der Waals surface area (Å²) >= 11 is 0. The molecule has 3 nitrogen and oxygen atoms in total. The normalized spacial score (nSPS) is 20.0. The first-order chi connectivity index (χ1) is 7.86. The van der Waals surface area contributed by atoms with Gasteiger partial charge in [0.15, 0.2) is 0 Å². The van der Waals surface area contributed by atoms with Gasteiger partial charge in [-0.1, -0.05) is 12.1 Å². The van der Waals surface area contributed by atoms with Crippen LogP contribution in [0.25, 0.3) is 0 Å². The van der Waals surface area contributed by atoms with E-state index in [2.05, 4.69) is 23.5 Å². The third-order valence-corrected chi connectivity index (χ3v) is 3.49. The van der Waals surface area contributed by atoms with Gasteiger partial charge in [-0.25, -0.2) is 0 Å². The summed E-state index contributed by atoms with van der Waals surface area (Å²) < 4.78 is 0. The quantitative estimate of drug-likeness (QED) is 0.770. The first-order valence-electron chi connectivity index (χ1n) is 5.98. The standard InChI is InChI=1S/C13H16N2O/c16-13-5-2-8-15(13)12-4-1-3-10-6-7-14-9-11(10)12/h1,3-4,14H,2,5-9H2. The zero-order valence-electron chi connectivity index (χ0n) is 9.33. The molecule has 1 fully saturated rings. The van der Waals surface area contributed by atoms with Crippen LogP contribution in [0, 0.1) is 0 Å². The van der Waals surface area contributed by atoms with E-state index in [0.717, 1.165) is 38.2 Å². The fourth-order valence-corrected chi connectivity index (χ4v) is 2.65. The Balaban J connectivity index is 2.03. The highest BCUT2D eigenvalue weighted by Crippen LogP contribution is 2.29. The van der Waals surface area contributed by atoms with Crippen molar-refractivity contribution in [2.24, 2.45) is 0 Å². The van der Waals surface area contributed by atoms with Crippen LogP contribution in [0.5, 0.6) is 0 Å². The second-order valence-electron chi connectivity index (χ2n) is 4.49. The van der Waals surface area contributed by atoms with Crippen molar-refractivity contribution in [1.29, 1.82) is 0 Å². The molecule has 0 radical (unpaired) electrons. The number of benzene rings is 1. The van der Waals surface area contributed by atoms with Crippen LogP contribution in [0.15, 0.2) is 18.2 Å². The van der Waals surface area contributed by atoms with Crippen molar-refractivity contribution < 1.29 is 4.79 Å². The molecule has 1 saturated heterocycles. The number of hydrogen-bond acceptors (Lipinski definition) is 2. The fraction of sp³-hybridized carbons (Fsp3) is 0.462. The number of carbonyl (C=O) groups excluding carboxylic acids is 1.